The molecule has 28 heavy (non-hydrogen) atoms. The van der Waals surface area contributed by atoms with E-state index in [9.17, 15) is 18.0 Å². The number of hydrogen-bond acceptors (Lipinski definition) is 5. The van der Waals surface area contributed by atoms with Crippen LogP contribution in [0.15, 0.2) is 48.5 Å². The molecule has 9 heteroatoms. The minimum Gasteiger partial charge on any atom is -0.352 e. The van der Waals surface area contributed by atoms with Gasteiger partial charge >= 0.3 is 6.18 Å². The van der Waals surface area contributed by atoms with Crippen molar-refractivity contribution < 1.29 is 18.0 Å². The Morgan fingerprint density at radius 3 is 2.54 bits per heavy atom. The van der Waals surface area contributed by atoms with Crippen LogP contribution in [0.5, 0.6) is 0 Å². The van der Waals surface area contributed by atoms with Crippen LogP contribution in [0.1, 0.15) is 21.7 Å². The highest BCUT2D eigenvalue weighted by atomic mass is 32.1. The number of amides is 1. The van der Waals surface area contributed by atoms with Crippen molar-refractivity contribution in [3.05, 3.63) is 70.2 Å². The van der Waals surface area contributed by atoms with Crippen molar-refractivity contribution in [3.8, 4) is 0 Å². The van der Waals surface area contributed by atoms with Gasteiger partial charge < -0.3 is 10.6 Å². The number of rotatable bonds is 6. The summed E-state index contributed by atoms with van der Waals surface area (Å²) in [6.45, 7) is 1.75. The van der Waals surface area contributed by atoms with E-state index in [4.69, 9.17) is 0 Å². The van der Waals surface area contributed by atoms with Crippen molar-refractivity contribution in [2.45, 2.75) is 26.1 Å². The van der Waals surface area contributed by atoms with Crippen LogP contribution in [0.3, 0.4) is 0 Å². The number of aryl methyl sites for hydroxylation is 1. The van der Waals surface area contributed by atoms with E-state index in [1.54, 1.807) is 0 Å². The molecule has 3 rings (SSSR count). The summed E-state index contributed by atoms with van der Waals surface area (Å²) in [5.74, 6) is -0.421. The smallest absolute Gasteiger partial charge is 0.352 e. The Bertz CT molecular complexity index is 972. The summed E-state index contributed by atoms with van der Waals surface area (Å²) in [5, 5.41) is 14.6. The first-order valence-corrected chi connectivity index (χ1v) is 9.21. The maximum atomic E-state index is 13.0. The minimum atomic E-state index is -4.46. The van der Waals surface area contributed by atoms with Crippen LogP contribution in [0.25, 0.3) is 0 Å². The molecule has 0 radical (unpaired) electrons. The molecule has 0 aliphatic rings. The number of nitrogens with one attached hydrogen (secondary N) is 2. The molecule has 0 atom stereocenters. The summed E-state index contributed by atoms with van der Waals surface area (Å²) in [5.41, 5.74) is 1.19. The van der Waals surface area contributed by atoms with Gasteiger partial charge in [-0.3, -0.25) is 4.79 Å². The molecule has 0 saturated carbocycles. The number of alkyl halides is 3. The molecule has 5 nitrogen and oxygen atoms in total. The molecule has 2 aromatic carbocycles. The van der Waals surface area contributed by atoms with Crippen LogP contribution in [0.2, 0.25) is 0 Å². The molecule has 3 aromatic rings. The summed E-state index contributed by atoms with van der Waals surface area (Å²) >= 11 is 1.22. The number of carbonyl (C=O) groups excluding carboxylic acids is 1. The topological polar surface area (TPSA) is 66.9 Å². The zero-order valence-electron chi connectivity index (χ0n) is 14.9. The van der Waals surface area contributed by atoms with Crippen molar-refractivity contribution in [3.63, 3.8) is 0 Å². The molecule has 1 amide bonds. The Morgan fingerprint density at radius 1 is 1.07 bits per heavy atom. The third-order valence-electron chi connectivity index (χ3n) is 3.96. The SMILES string of the molecule is Cc1ccccc1Nc1nnc(CC(=O)NCc2ccccc2C(F)(F)F)s1. The van der Waals surface area contributed by atoms with Crippen LogP contribution >= 0.6 is 11.3 Å². The lowest BCUT2D eigenvalue weighted by molar-refractivity contribution is -0.138. The Labute approximate surface area is 163 Å². The molecule has 0 saturated heterocycles. The Hall–Kier alpha value is -2.94. The van der Waals surface area contributed by atoms with Gasteiger partial charge in [-0.05, 0) is 30.2 Å². The molecule has 2 N–H and O–H groups in total. The standard InChI is InChI=1S/C19H17F3N4OS/c1-12-6-2-5-9-15(12)24-18-26-25-17(28-18)10-16(27)23-11-13-7-3-4-8-14(13)19(20,21)22/h2-9H,10-11H2,1H3,(H,23,27)(H,24,26). The van der Waals surface area contributed by atoms with Gasteiger partial charge in [-0.15, -0.1) is 10.2 Å². The number of para-hydroxylation sites is 1. The van der Waals surface area contributed by atoms with E-state index in [1.807, 2.05) is 31.2 Å². The molecule has 0 fully saturated rings. The highest BCUT2D eigenvalue weighted by molar-refractivity contribution is 7.15. The predicted octanol–water partition coefficient (Wildman–Crippen LogP) is 4.47. The molecule has 0 bridgehead atoms. The first-order valence-electron chi connectivity index (χ1n) is 8.40. The first-order chi connectivity index (χ1) is 13.3. The van der Waals surface area contributed by atoms with Crippen molar-refractivity contribution in [1.82, 2.24) is 15.5 Å². The van der Waals surface area contributed by atoms with E-state index in [0.717, 1.165) is 17.3 Å². The van der Waals surface area contributed by atoms with Gasteiger partial charge in [-0.1, -0.05) is 47.7 Å². The number of hydrogen-bond donors (Lipinski definition) is 2. The molecule has 0 unspecified atom stereocenters. The molecule has 1 heterocycles. The van der Waals surface area contributed by atoms with Crippen molar-refractivity contribution in [1.29, 1.82) is 0 Å². The highest BCUT2D eigenvalue weighted by Crippen LogP contribution is 2.31. The quantitative estimate of drug-likeness (QED) is 0.634. The summed E-state index contributed by atoms with van der Waals surface area (Å²) in [7, 11) is 0. The van der Waals surface area contributed by atoms with Crippen LogP contribution in [-0.4, -0.2) is 16.1 Å². The maximum Gasteiger partial charge on any atom is 0.416 e. The minimum absolute atomic E-state index is 0.0162. The fourth-order valence-electron chi connectivity index (χ4n) is 2.55. The van der Waals surface area contributed by atoms with Crippen molar-refractivity contribution in [2.75, 3.05) is 5.32 Å². The van der Waals surface area contributed by atoms with E-state index in [1.165, 1.54) is 29.5 Å². The lowest BCUT2D eigenvalue weighted by atomic mass is 10.1. The number of anilines is 2. The molecule has 146 valence electrons. The monoisotopic (exact) mass is 406 g/mol. The molecule has 0 aliphatic carbocycles. The van der Waals surface area contributed by atoms with E-state index < -0.39 is 17.6 Å². The van der Waals surface area contributed by atoms with Crippen LogP contribution in [0, 0.1) is 6.92 Å². The number of carbonyl (C=O) groups is 1. The van der Waals surface area contributed by atoms with Gasteiger partial charge in [0, 0.05) is 12.2 Å². The molecule has 0 aliphatic heterocycles. The van der Waals surface area contributed by atoms with Crippen LogP contribution in [-0.2, 0) is 23.9 Å². The lowest BCUT2D eigenvalue weighted by Crippen LogP contribution is -2.26. The lowest BCUT2D eigenvalue weighted by Gasteiger charge is -2.13. The zero-order chi connectivity index (χ0) is 20.1. The fraction of sp³-hybridized carbons (Fsp3) is 0.211. The van der Waals surface area contributed by atoms with Gasteiger partial charge in [-0.2, -0.15) is 13.2 Å². The van der Waals surface area contributed by atoms with Gasteiger partial charge in [0.2, 0.25) is 11.0 Å². The van der Waals surface area contributed by atoms with Gasteiger partial charge in [-0.25, -0.2) is 0 Å². The number of halogens is 3. The van der Waals surface area contributed by atoms with Gasteiger partial charge in [0.1, 0.15) is 5.01 Å². The Morgan fingerprint density at radius 2 is 1.79 bits per heavy atom. The van der Waals surface area contributed by atoms with E-state index >= 15 is 0 Å². The highest BCUT2D eigenvalue weighted by Gasteiger charge is 2.32. The predicted molar refractivity (Wildman–Crippen MR) is 101 cm³/mol. The number of nitrogens with zero attached hydrogens (tertiary/aromatic N) is 2. The van der Waals surface area contributed by atoms with Gasteiger partial charge in [0.05, 0.1) is 12.0 Å². The average molecular weight is 406 g/mol. The molecular formula is C19H17F3N4OS. The second-order valence-electron chi connectivity index (χ2n) is 6.05. The van der Waals surface area contributed by atoms with E-state index in [0.29, 0.717) is 10.1 Å². The maximum absolute atomic E-state index is 13.0. The summed E-state index contributed by atoms with van der Waals surface area (Å²) in [4.78, 5) is 12.1. The van der Waals surface area contributed by atoms with Crippen molar-refractivity contribution in [2.24, 2.45) is 0 Å². The largest absolute Gasteiger partial charge is 0.416 e. The third kappa shape index (κ3) is 5.07. The third-order valence-corrected chi connectivity index (χ3v) is 4.80. The van der Waals surface area contributed by atoms with E-state index in [-0.39, 0.29) is 18.5 Å². The average Bonchev–Trinajstić information content (AvgIpc) is 3.08. The summed E-state index contributed by atoms with van der Waals surface area (Å²) in [6.07, 6.45) is -4.52. The Kier molecular flexibility index (Phi) is 5.93. The summed E-state index contributed by atoms with van der Waals surface area (Å²) in [6, 6.07) is 12.8. The van der Waals surface area contributed by atoms with Crippen LogP contribution in [0.4, 0.5) is 24.0 Å². The first kappa shape index (κ1) is 19.8. The normalized spacial score (nSPS) is 11.3. The molecular weight excluding hydrogens is 389 g/mol. The number of benzene rings is 2. The van der Waals surface area contributed by atoms with Crippen molar-refractivity contribution >= 4 is 28.1 Å². The van der Waals surface area contributed by atoms with Gasteiger partial charge in [0.15, 0.2) is 0 Å². The molecule has 0 spiro atoms. The zero-order valence-corrected chi connectivity index (χ0v) is 15.7. The summed E-state index contributed by atoms with van der Waals surface area (Å²) < 4.78 is 39.0. The van der Waals surface area contributed by atoms with Gasteiger partial charge in [0.25, 0.3) is 0 Å². The second-order valence-corrected chi connectivity index (χ2v) is 7.11. The Balaban J connectivity index is 1.58. The molecule has 1 aromatic heterocycles. The van der Waals surface area contributed by atoms with Crippen LogP contribution < -0.4 is 10.6 Å². The van der Waals surface area contributed by atoms with E-state index in [2.05, 4.69) is 20.8 Å². The second kappa shape index (κ2) is 8.39. The number of aromatic nitrogens is 2. The fourth-order valence-corrected chi connectivity index (χ4v) is 3.30.